The molecular weight excluding hydrogens is 226 g/mol. The van der Waals surface area contributed by atoms with E-state index in [-0.39, 0.29) is 11.9 Å². The summed E-state index contributed by atoms with van der Waals surface area (Å²) in [5, 5.41) is 6.71. The molecule has 1 aliphatic carbocycles. The van der Waals surface area contributed by atoms with Gasteiger partial charge >= 0.3 is 0 Å². The van der Waals surface area contributed by atoms with E-state index in [4.69, 9.17) is 0 Å². The number of likely N-dealkylation sites (N-methyl/N-ethyl adjacent to an activating group) is 1. The van der Waals surface area contributed by atoms with E-state index in [1.807, 2.05) is 11.9 Å². The molecule has 2 atom stereocenters. The van der Waals surface area contributed by atoms with E-state index in [0.29, 0.717) is 12.1 Å². The highest BCUT2D eigenvalue weighted by atomic mass is 16.2. The predicted molar refractivity (Wildman–Crippen MR) is 73.4 cm³/mol. The fraction of sp³-hybridized carbons (Fsp3) is 0.929. The third-order valence-electron chi connectivity index (χ3n) is 4.52. The normalized spacial score (nSPS) is 37.3. The van der Waals surface area contributed by atoms with Gasteiger partial charge in [0.15, 0.2) is 0 Å². The smallest absolute Gasteiger partial charge is 0.241 e. The first-order chi connectivity index (χ1) is 8.58. The minimum atomic E-state index is -0.0365. The van der Waals surface area contributed by atoms with Gasteiger partial charge in [-0.05, 0) is 38.5 Å². The van der Waals surface area contributed by atoms with Crippen LogP contribution in [0, 0.1) is 5.92 Å². The number of hydrogen-bond donors (Lipinski definition) is 2. The Labute approximate surface area is 110 Å². The van der Waals surface area contributed by atoms with Gasteiger partial charge in [-0.3, -0.25) is 4.79 Å². The van der Waals surface area contributed by atoms with Crippen molar-refractivity contribution in [3.63, 3.8) is 0 Å². The van der Waals surface area contributed by atoms with Gasteiger partial charge in [0.1, 0.15) is 0 Å². The highest BCUT2D eigenvalue weighted by Gasteiger charge is 2.30. The average molecular weight is 253 g/mol. The second-order valence-corrected chi connectivity index (χ2v) is 6.13. The van der Waals surface area contributed by atoms with Crippen molar-refractivity contribution in [2.24, 2.45) is 5.92 Å². The molecule has 2 N–H and O–H groups in total. The van der Waals surface area contributed by atoms with Gasteiger partial charge in [0, 0.05) is 32.2 Å². The first-order valence-electron chi connectivity index (χ1n) is 7.31. The zero-order valence-electron chi connectivity index (χ0n) is 11.9. The van der Waals surface area contributed by atoms with Crippen molar-refractivity contribution in [1.29, 1.82) is 0 Å². The topological polar surface area (TPSA) is 44.4 Å². The van der Waals surface area contributed by atoms with Gasteiger partial charge in [0.2, 0.25) is 5.91 Å². The molecule has 0 radical (unpaired) electrons. The number of nitrogens with zero attached hydrogens (tertiary/aromatic N) is 1. The van der Waals surface area contributed by atoms with Crippen LogP contribution >= 0.6 is 0 Å². The Bertz CT molecular complexity index is 279. The summed E-state index contributed by atoms with van der Waals surface area (Å²) >= 11 is 0. The monoisotopic (exact) mass is 253 g/mol. The number of amides is 1. The second-order valence-electron chi connectivity index (χ2n) is 6.13. The van der Waals surface area contributed by atoms with Crippen molar-refractivity contribution in [2.45, 2.75) is 57.7 Å². The molecule has 2 aliphatic rings. The van der Waals surface area contributed by atoms with E-state index in [1.54, 1.807) is 0 Å². The summed E-state index contributed by atoms with van der Waals surface area (Å²) in [5.74, 6) is 1.09. The van der Waals surface area contributed by atoms with Crippen LogP contribution < -0.4 is 10.6 Å². The zero-order valence-corrected chi connectivity index (χ0v) is 11.9. The van der Waals surface area contributed by atoms with Crippen LogP contribution in [0.2, 0.25) is 0 Å². The summed E-state index contributed by atoms with van der Waals surface area (Å²) in [6, 6.07) is 0.885. The lowest BCUT2D eigenvalue weighted by molar-refractivity contribution is -0.135. The molecule has 104 valence electrons. The Morgan fingerprint density at radius 2 is 1.72 bits per heavy atom. The van der Waals surface area contributed by atoms with Crippen molar-refractivity contribution in [1.82, 2.24) is 15.5 Å². The lowest BCUT2D eigenvalue weighted by Gasteiger charge is -2.37. The number of carbonyl (C=O) groups is 1. The highest BCUT2D eigenvalue weighted by molar-refractivity contribution is 5.82. The van der Waals surface area contributed by atoms with Crippen molar-refractivity contribution in [3.05, 3.63) is 0 Å². The number of carbonyl (C=O) groups excluding carboxylic acids is 1. The van der Waals surface area contributed by atoms with Crippen LogP contribution in [0.3, 0.4) is 0 Å². The predicted octanol–water partition coefficient (Wildman–Crippen LogP) is 0.973. The molecule has 0 aromatic rings. The van der Waals surface area contributed by atoms with Crippen molar-refractivity contribution in [2.75, 3.05) is 20.1 Å². The van der Waals surface area contributed by atoms with Crippen molar-refractivity contribution < 1.29 is 4.79 Å². The summed E-state index contributed by atoms with van der Waals surface area (Å²) in [6.07, 6.45) is 4.85. The summed E-state index contributed by atoms with van der Waals surface area (Å²) < 4.78 is 0. The van der Waals surface area contributed by atoms with Gasteiger partial charge in [-0.2, -0.15) is 0 Å². The summed E-state index contributed by atoms with van der Waals surface area (Å²) in [7, 11) is 1.97. The zero-order chi connectivity index (χ0) is 13.1. The van der Waals surface area contributed by atoms with Crippen LogP contribution in [0.5, 0.6) is 0 Å². The van der Waals surface area contributed by atoms with E-state index >= 15 is 0 Å². The Morgan fingerprint density at radius 1 is 1.06 bits per heavy atom. The van der Waals surface area contributed by atoms with Gasteiger partial charge < -0.3 is 15.5 Å². The maximum absolute atomic E-state index is 12.4. The largest absolute Gasteiger partial charge is 0.341 e. The summed E-state index contributed by atoms with van der Waals surface area (Å²) in [5.41, 5.74) is 0. The molecule has 0 bridgehead atoms. The molecule has 1 amide bonds. The summed E-state index contributed by atoms with van der Waals surface area (Å²) in [6.45, 7) is 6.09. The van der Waals surface area contributed by atoms with Crippen molar-refractivity contribution >= 4 is 5.91 Å². The second kappa shape index (κ2) is 6.02. The molecule has 0 aromatic heterocycles. The third kappa shape index (κ3) is 3.23. The lowest BCUT2D eigenvalue weighted by Crippen LogP contribution is -2.60. The molecule has 2 rings (SSSR count). The minimum Gasteiger partial charge on any atom is -0.341 e. The van der Waals surface area contributed by atoms with Gasteiger partial charge in [-0.1, -0.05) is 6.92 Å². The molecule has 1 saturated carbocycles. The van der Waals surface area contributed by atoms with Crippen molar-refractivity contribution in [3.8, 4) is 0 Å². The van der Waals surface area contributed by atoms with Gasteiger partial charge in [-0.25, -0.2) is 0 Å². The molecular formula is C14H27N3O. The SMILES string of the molecule is CC1CCC(N(C)C(=O)C2CNC(C)CN2)CC1. The molecule has 1 heterocycles. The number of piperazine rings is 1. The fourth-order valence-corrected chi connectivity index (χ4v) is 3.01. The number of hydrogen-bond acceptors (Lipinski definition) is 3. The van der Waals surface area contributed by atoms with Crippen LogP contribution in [0.15, 0.2) is 0 Å². The fourth-order valence-electron chi connectivity index (χ4n) is 3.01. The van der Waals surface area contributed by atoms with Crippen LogP contribution in [0.1, 0.15) is 39.5 Å². The highest BCUT2D eigenvalue weighted by Crippen LogP contribution is 2.26. The molecule has 2 fully saturated rings. The molecule has 0 spiro atoms. The Balaban J connectivity index is 1.84. The molecule has 1 saturated heterocycles. The third-order valence-corrected chi connectivity index (χ3v) is 4.52. The number of rotatable bonds is 2. The van der Waals surface area contributed by atoms with Crippen LogP contribution in [0.25, 0.3) is 0 Å². The van der Waals surface area contributed by atoms with Crippen LogP contribution in [-0.2, 0) is 4.79 Å². The number of nitrogens with one attached hydrogen (secondary N) is 2. The van der Waals surface area contributed by atoms with Gasteiger partial charge in [0.05, 0.1) is 6.04 Å². The van der Waals surface area contributed by atoms with Crippen LogP contribution in [0.4, 0.5) is 0 Å². The first kappa shape index (κ1) is 13.8. The maximum atomic E-state index is 12.4. The molecule has 4 nitrogen and oxygen atoms in total. The molecule has 4 heteroatoms. The molecule has 18 heavy (non-hydrogen) atoms. The molecule has 1 aliphatic heterocycles. The van der Waals surface area contributed by atoms with Gasteiger partial charge in [0.25, 0.3) is 0 Å². The standard InChI is InChI=1S/C14H27N3O/c1-10-4-6-12(7-5-10)17(3)14(18)13-9-15-11(2)8-16-13/h10-13,15-16H,4-9H2,1-3H3. The van der Waals surface area contributed by atoms with E-state index in [2.05, 4.69) is 24.5 Å². The lowest BCUT2D eigenvalue weighted by atomic mass is 9.86. The van der Waals surface area contributed by atoms with E-state index in [9.17, 15) is 4.79 Å². The Kier molecular flexibility index (Phi) is 4.62. The Morgan fingerprint density at radius 3 is 2.28 bits per heavy atom. The van der Waals surface area contributed by atoms with Gasteiger partial charge in [-0.15, -0.1) is 0 Å². The Hall–Kier alpha value is -0.610. The molecule has 2 unspecified atom stereocenters. The maximum Gasteiger partial charge on any atom is 0.241 e. The molecule has 0 aromatic carbocycles. The quantitative estimate of drug-likeness (QED) is 0.771. The van der Waals surface area contributed by atoms with E-state index in [1.165, 1.54) is 25.7 Å². The summed E-state index contributed by atoms with van der Waals surface area (Å²) in [4.78, 5) is 14.4. The first-order valence-corrected chi connectivity index (χ1v) is 7.31. The van der Waals surface area contributed by atoms with E-state index < -0.39 is 0 Å². The average Bonchev–Trinajstić information content (AvgIpc) is 2.39. The van der Waals surface area contributed by atoms with E-state index in [0.717, 1.165) is 19.0 Å². The minimum absolute atomic E-state index is 0.0365. The van der Waals surface area contributed by atoms with Crippen LogP contribution in [-0.4, -0.2) is 49.1 Å².